The average molecular weight is 470 g/mol. The lowest BCUT2D eigenvalue weighted by Crippen LogP contribution is -2.31. The van der Waals surface area contributed by atoms with Crippen molar-refractivity contribution >= 4 is 23.4 Å². The zero-order valence-electron chi connectivity index (χ0n) is 18.4. The topological polar surface area (TPSA) is 97.1 Å². The van der Waals surface area contributed by atoms with Crippen LogP contribution < -0.4 is 15.2 Å². The summed E-state index contributed by atoms with van der Waals surface area (Å²) in [6.07, 6.45) is 1.63. The summed E-state index contributed by atoms with van der Waals surface area (Å²) in [5, 5.41) is 0.650. The predicted octanol–water partition coefficient (Wildman–Crippen LogP) is 4.39. The quantitative estimate of drug-likeness (QED) is 0.626. The smallest absolute Gasteiger partial charge is 0.340 e. The van der Waals surface area contributed by atoms with Crippen LogP contribution in [0, 0.1) is 0 Å². The summed E-state index contributed by atoms with van der Waals surface area (Å²) in [6.45, 7) is 0.318. The van der Waals surface area contributed by atoms with Crippen LogP contribution in [0.5, 0.6) is 11.5 Å². The fourth-order valence-corrected chi connectivity index (χ4v) is 4.25. The fourth-order valence-electron chi connectivity index (χ4n) is 4.12. The van der Waals surface area contributed by atoms with E-state index in [1.807, 2.05) is 12.1 Å². The minimum atomic E-state index is -0.715. The van der Waals surface area contributed by atoms with Gasteiger partial charge in [-0.25, -0.2) is 4.79 Å². The zero-order valence-corrected chi connectivity index (χ0v) is 19.1. The molecule has 2 N–H and O–H groups in total. The minimum Gasteiger partial charge on any atom is -0.493 e. The number of hydrogen-bond donors (Lipinski definition) is 1. The lowest BCUT2D eigenvalue weighted by molar-refractivity contribution is -0.136. The van der Waals surface area contributed by atoms with E-state index in [0.717, 1.165) is 5.56 Å². The Kier molecular flexibility index (Phi) is 6.60. The molecular weight excluding hydrogens is 446 g/mol. The third kappa shape index (κ3) is 4.54. The highest BCUT2D eigenvalue weighted by Gasteiger charge is 2.41. The van der Waals surface area contributed by atoms with Gasteiger partial charge in [0.2, 0.25) is 5.88 Å². The summed E-state index contributed by atoms with van der Waals surface area (Å²) in [5.74, 6) is -0.00854. The van der Waals surface area contributed by atoms with Crippen LogP contribution in [-0.4, -0.2) is 26.0 Å². The van der Waals surface area contributed by atoms with Crippen LogP contribution in [0.3, 0.4) is 0 Å². The molecule has 0 spiro atoms. The Morgan fingerprint density at radius 2 is 1.88 bits per heavy atom. The summed E-state index contributed by atoms with van der Waals surface area (Å²) >= 11 is 5.94. The molecule has 1 heterocycles. The lowest BCUT2D eigenvalue weighted by Gasteiger charge is -2.32. The zero-order chi connectivity index (χ0) is 23.5. The van der Waals surface area contributed by atoms with Gasteiger partial charge in [0.25, 0.3) is 0 Å². The van der Waals surface area contributed by atoms with Gasteiger partial charge in [-0.1, -0.05) is 29.8 Å². The number of allylic oxidation sites excluding steroid dienone is 2. The van der Waals surface area contributed by atoms with E-state index >= 15 is 0 Å². The molecule has 2 aromatic rings. The average Bonchev–Trinajstić information content (AvgIpc) is 2.82. The van der Waals surface area contributed by atoms with Crippen molar-refractivity contribution in [1.82, 2.24) is 0 Å². The Labute approximate surface area is 196 Å². The Morgan fingerprint density at radius 1 is 1.12 bits per heavy atom. The van der Waals surface area contributed by atoms with Gasteiger partial charge in [-0.05, 0) is 41.8 Å². The maximum atomic E-state index is 12.9. The molecule has 1 aliphatic carbocycles. The molecule has 0 fully saturated rings. The highest BCUT2D eigenvalue weighted by molar-refractivity contribution is 6.30. The van der Waals surface area contributed by atoms with E-state index in [0.29, 0.717) is 59.3 Å². The second-order valence-electron chi connectivity index (χ2n) is 7.74. The third-order valence-electron chi connectivity index (χ3n) is 5.72. The standard InChI is InChI=1S/C25H24ClNO6/c1-30-20-12-15(8-11-18(20)32-13-14-6-9-16(26)10-7-14)21-22-17(28)4-3-5-19(22)33-24(27)23(21)25(29)31-2/h6-12,21H,3-5,13,27H2,1-2H3/t21-/m1/s1. The number of esters is 1. The van der Waals surface area contributed by atoms with Crippen LogP contribution in [-0.2, 0) is 25.7 Å². The van der Waals surface area contributed by atoms with E-state index < -0.39 is 11.9 Å². The maximum Gasteiger partial charge on any atom is 0.340 e. The Balaban J connectivity index is 1.71. The van der Waals surface area contributed by atoms with Crippen molar-refractivity contribution in [1.29, 1.82) is 0 Å². The van der Waals surface area contributed by atoms with Gasteiger partial charge in [0, 0.05) is 23.4 Å². The van der Waals surface area contributed by atoms with Crippen LogP contribution in [0.2, 0.25) is 5.02 Å². The summed E-state index contributed by atoms with van der Waals surface area (Å²) in [6, 6.07) is 12.6. The number of Topliss-reactive ketones (excluding diaryl/α,β-unsaturated/α-hetero) is 1. The molecule has 0 bridgehead atoms. The van der Waals surface area contributed by atoms with Gasteiger partial charge in [-0.2, -0.15) is 0 Å². The molecule has 1 aliphatic heterocycles. The molecule has 33 heavy (non-hydrogen) atoms. The summed E-state index contributed by atoms with van der Waals surface area (Å²) in [4.78, 5) is 25.5. The number of rotatable bonds is 6. The molecule has 7 nitrogen and oxygen atoms in total. The first-order valence-corrected chi connectivity index (χ1v) is 10.9. The summed E-state index contributed by atoms with van der Waals surface area (Å²) in [5.41, 5.74) is 8.24. The van der Waals surface area contributed by atoms with Crippen molar-refractivity contribution in [3.63, 3.8) is 0 Å². The summed E-state index contributed by atoms with van der Waals surface area (Å²) < 4.78 is 22.1. The van der Waals surface area contributed by atoms with Crippen molar-refractivity contribution in [2.75, 3.05) is 14.2 Å². The van der Waals surface area contributed by atoms with Gasteiger partial charge in [-0.3, -0.25) is 4.79 Å². The van der Waals surface area contributed by atoms with E-state index in [-0.39, 0.29) is 17.2 Å². The number of hydrogen-bond acceptors (Lipinski definition) is 7. The first-order valence-electron chi connectivity index (χ1n) is 10.5. The number of methoxy groups -OCH3 is 2. The van der Waals surface area contributed by atoms with Crippen molar-refractivity contribution in [3.05, 3.63) is 81.4 Å². The number of nitrogens with two attached hydrogens (primary N) is 1. The lowest BCUT2D eigenvalue weighted by atomic mass is 9.77. The number of ketones is 1. The molecule has 0 saturated heterocycles. The molecule has 8 heteroatoms. The fraction of sp³-hybridized carbons (Fsp3) is 0.280. The molecule has 1 atom stereocenters. The van der Waals surface area contributed by atoms with Crippen LogP contribution in [0.1, 0.15) is 36.3 Å². The van der Waals surface area contributed by atoms with Gasteiger partial charge in [0.1, 0.15) is 17.9 Å². The Morgan fingerprint density at radius 3 is 2.58 bits per heavy atom. The van der Waals surface area contributed by atoms with E-state index in [9.17, 15) is 9.59 Å². The summed E-state index contributed by atoms with van der Waals surface area (Å²) in [7, 11) is 2.79. The van der Waals surface area contributed by atoms with Crippen LogP contribution in [0.25, 0.3) is 0 Å². The SMILES string of the molecule is COC(=O)C1=C(N)OC2=C(C(=O)CCC2)[C@H]1c1ccc(OCc2ccc(Cl)cc2)c(OC)c1. The molecule has 0 unspecified atom stereocenters. The van der Waals surface area contributed by atoms with E-state index in [1.165, 1.54) is 14.2 Å². The number of ether oxygens (including phenoxy) is 4. The van der Waals surface area contributed by atoms with Crippen molar-refractivity contribution in [2.24, 2.45) is 5.73 Å². The Hall–Kier alpha value is -3.45. The molecule has 0 aromatic heterocycles. The number of benzene rings is 2. The highest BCUT2D eigenvalue weighted by Crippen LogP contribution is 2.45. The first-order chi connectivity index (χ1) is 15.9. The second-order valence-corrected chi connectivity index (χ2v) is 8.18. The van der Waals surface area contributed by atoms with E-state index in [2.05, 4.69) is 0 Å². The number of carbonyl (C=O) groups is 2. The van der Waals surface area contributed by atoms with Crippen LogP contribution in [0.4, 0.5) is 0 Å². The van der Waals surface area contributed by atoms with Gasteiger partial charge in [-0.15, -0.1) is 0 Å². The predicted molar refractivity (Wildman–Crippen MR) is 122 cm³/mol. The molecule has 2 aromatic carbocycles. The maximum absolute atomic E-state index is 12.9. The Bertz CT molecular complexity index is 1150. The number of carbonyl (C=O) groups excluding carboxylic acids is 2. The molecule has 172 valence electrons. The van der Waals surface area contributed by atoms with Crippen molar-refractivity contribution in [2.45, 2.75) is 31.8 Å². The normalized spacial score (nSPS) is 17.9. The molecule has 4 rings (SSSR count). The van der Waals surface area contributed by atoms with Crippen molar-refractivity contribution in [3.8, 4) is 11.5 Å². The van der Waals surface area contributed by atoms with Crippen LogP contribution >= 0.6 is 11.6 Å². The monoisotopic (exact) mass is 469 g/mol. The first kappa shape index (κ1) is 22.7. The second kappa shape index (κ2) is 9.58. The molecule has 0 radical (unpaired) electrons. The van der Waals surface area contributed by atoms with Gasteiger partial charge >= 0.3 is 5.97 Å². The van der Waals surface area contributed by atoms with E-state index in [4.69, 9.17) is 36.3 Å². The van der Waals surface area contributed by atoms with Gasteiger partial charge in [0.05, 0.1) is 20.1 Å². The molecule has 2 aliphatic rings. The third-order valence-corrected chi connectivity index (χ3v) is 5.97. The molecule has 0 saturated carbocycles. The van der Waals surface area contributed by atoms with Crippen LogP contribution in [0.15, 0.2) is 65.3 Å². The van der Waals surface area contributed by atoms with Gasteiger partial charge < -0.3 is 24.7 Å². The highest BCUT2D eigenvalue weighted by atomic mass is 35.5. The van der Waals surface area contributed by atoms with Gasteiger partial charge in [0.15, 0.2) is 17.3 Å². The number of halogens is 1. The van der Waals surface area contributed by atoms with Crippen molar-refractivity contribution < 1.29 is 28.5 Å². The largest absolute Gasteiger partial charge is 0.493 e. The molecular formula is C25H24ClNO6. The molecule has 0 amide bonds. The van der Waals surface area contributed by atoms with E-state index in [1.54, 1.807) is 30.3 Å². The minimum absolute atomic E-state index is 0.0534.